The van der Waals surface area contributed by atoms with Crippen molar-refractivity contribution < 1.29 is 9.84 Å². The van der Waals surface area contributed by atoms with E-state index in [2.05, 4.69) is 20.9 Å². The van der Waals surface area contributed by atoms with Crippen LogP contribution in [-0.4, -0.2) is 67.0 Å². The maximum Gasteiger partial charge on any atom is 0.0841 e. The van der Waals surface area contributed by atoms with E-state index in [1.54, 1.807) is 0 Å². The normalized spacial score (nSPS) is 21.6. The van der Waals surface area contributed by atoms with Gasteiger partial charge in [-0.1, -0.05) is 0 Å². The van der Waals surface area contributed by atoms with Gasteiger partial charge in [0.1, 0.15) is 0 Å². The molecule has 1 aromatic heterocycles. The Labute approximate surface area is 120 Å². The van der Waals surface area contributed by atoms with Crippen molar-refractivity contribution in [1.29, 1.82) is 0 Å². The summed E-state index contributed by atoms with van der Waals surface area (Å²) in [6.07, 6.45) is 3.70. The number of aliphatic hydroxyl groups excluding tert-OH is 1. The first-order valence-corrected chi connectivity index (χ1v) is 7.50. The first-order chi connectivity index (χ1) is 9.83. The summed E-state index contributed by atoms with van der Waals surface area (Å²) in [6, 6.07) is 4.09. The van der Waals surface area contributed by atoms with Crippen LogP contribution in [0.15, 0.2) is 18.3 Å². The van der Waals surface area contributed by atoms with Crippen LogP contribution in [-0.2, 0) is 11.2 Å². The first kappa shape index (κ1) is 13.8. The fourth-order valence-corrected chi connectivity index (χ4v) is 3.05. The summed E-state index contributed by atoms with van der Waals surface area (Å²) in [4.78, 5) is 9.00. The largest absolute Gasteiger partial charge is 0.390 e. The number of aromatic nitrogens is 1. The number of anilines is 1. The lowest BCUT2D eigenvalue weighted by Gasteiger charge is -2.34. The van der Waals surface area contributed by atoms with Crippen molar-refractivity contribution in [1.82, 2.24) is 9.88 Å². The molecule has 0 aromatic carbocycles. The van der Waals surface area contributed by atoms with Crippen molar-refractivity contribution in [3.63, 3.8) is 0 Å². The molecule has 110 valence electrons. The van der Waals surface area contributed by atoms with Gasteiger partial charge in [0.25, 0.3) is 0 Å². The maximum absolute atomic E-state index is 10.3. The van der Waals surface area contributed by atoms with Gasteiger partial charge in [0.2, 0.25) is 0 Å². The summed E-state index contributed by atoms with van der Waals surface area (Å²) in [7, 11) is 0. The highest BCUT2D eigenvalue weighted by Crippen LogP contribution is 2.24. The van der Waals surface area contributed by atoms with E-state index in [-0.39, 0.29) is 6.10 Å². The lowest BCUT2D eigenvalue weighted by molar-refractivity contribution is 0.0160. The van der Waals surface area contributed by atoms with Crippen LogP contribution in [0.3, 0.4) is 0 Å². The van der Waals surface area contributed by atoms with E-state index in [0.29, 0.717) is 6.54 Å². The van der Waals surface area contributed by atoms with E-state index in [1.165, 1.54) is 5.69 Å². The molecule has 0 radical (unpaired) electrons. The van der Waals surface area contributed by atoms with Gasteiger partial charge in [-0.05, 0) is 25.0 Å². The lowest BCUT2D eigenvalue weighted by atomic mass is 10.1. The Morgan fingerprint density at radius 3 is 2.95 bits per heavy atom. The van der Waals surface area contributed by atoms with Gasteiger partial charge in [-0.25, -0.2) is 0 Å². The molecule has 3 rings (SSSR count). The molecule has 1 atom stereocenters. The number of fused-ring (bicyclic) bond motifs is 1. The molecule has 0 saturated carbocycles. The molecule has 0 amide bonds. The number of aryl methyl sites for hydroxylation is 1. The Bertz CT molecular complexity index is 435. The lowest BCUT2D eigenvalue weighted by Crippen LogP contribution is -2.45. The summed E-state index contributed by atoms with van der Waals surface area (Å²) in [6.45, 7) is 5.85. The minimum absolute atomic E-state index is 0.320. The Morgan fingerprint density at radius 2 is 2.10 bits per heavy atom. The Morgan fingerprint density at radius 1 is 1.25 bits per heavy atom. The van der Waals surface area contributed by atoms with Crippen molar-refractivity contribution in [2.45, 2.75) is 18.9 Å². The highest BCUT2D eigenvalue weighted by molar-refractivity contribution is 5.52. The second-order valence-corrected chi connectivity index (χ2v) is 5.59. The molecule has 0 bridgehead atoms. The molecule has 3 heterocycles. The second kappa shape index (κ2) is 6.52. The third-order valence-electron chi connectivity index (χ3n) is 4.05. The second-order valence-electron chi connectivity index (χ2n) is 5.59. The van der Waals surface area contributed by atoms with Gasteiger partial charge in [-0.15, -0.1) is 0 Å². The van der Waals surface area contributed by atoms with Crippen molar-refractivity contribution >= 4 is 5.69 Å². The van der Waals surface area contributed by atoms with Crippen molar-refractivity contribution in [2.75, 3.05) is 50.8 Å². The summed E-state index contributed by atoms with van der Waals surface area (Å²) in [5.74, 6) is 0. The zero-order chi connectivity index (χ0) is 13.8. The minimum atomic E-state index is -0.320. The van der Waals surface area contributed by atoms with Crippen LogP contribution >= 0.6 is 0 Å². The summed E-state index contributed by atoms with van der Waals surface area (Å²) >= 11 is 0. The van der Waals surface area contributed by atoms with Crippen LogP contribution in [0.1, 0.15) is 12.1 Å². The van der Waals surface area contributed by atoms with Gasteiger partial charge in [-0.2, -0.15) is 0 Å². The average molecular weight is 277 g/mol. The molecule has 0 aliphatic carbocycles. The molecular formula is C15H23N3O2. The molecule has 1 saturated heterocycles. The number of morpholine rings is 1. The highest BCUT2D eigenvalue weighted by Gasteiger charge is 2.21. The number of nitrogens with zero attached hydrogens (tertiary/aromatic N) is 3. The Kier molecular flexibility index (Phi) is 4.50. The molecule has 20 heavy (non-hydrogen) atoms. The van der Waals surface area contributed by atoms with Crippen LogP contribution in [0.25, 0.3) is 0 Å². The summed E-state index contributed by atoms with van der Waals surface area (Å²) < 4.78 is 5.34. The van der Waals surface area contributed by atoms with Crippen molar-refractivity contribution in [3.05, 3.63) is 24.0 Å². The quantitative estimate of drug-likeness (QED) is 0.870. The van der Waals surface area contributed by atoms with Crippen LogP contribution in [0.4, 0.5) is 5.69 Å². The first-order valence-electron chi connectivity index (χ1n) is 7.50. The zero-order valence-corrected chi connectivity index (χ0v) is 11.9. The molecule has 5 nitrogen and oxygen atoms in total. The van der Waals surface area contributed by atoms with Gasteiger partial charge in [0, 0.05) is 38.9 Å². The smallest absolute Gasteiger partial charge is 0.0841 e. The predicted molar refractivity (Wildman–Crippen MR) is 78.0 cm³/mol. The fourth-order valence-electron chi connectivity index (χ4n) is 3.05. The van der Waals surface area contributed by atoms with Gasteiger partial charge in [0.15, 0.2) is 0 Å². The third-order valence-corrected chi connectivity index (χ3v) is 4.05. The molecule has 1 N–H and O–H groups in total. The molecule has 1 fully saturated rings. The number of β-amino-alcohol motifs (C(OH)–C–C–N with tert-alkyl or cyclic N) is 1. The van der Waals surface area contributed by atoms with E-state index in [9.17, 15) is 5.11 Å². The van der Waals surface area contributed by atoms with Gasteiger partial charge >= 0.3 is 0 Å². The van der Waals surface area contributed by atoms with Crippen LogP contribution in [0.5, 0.6) is 0 Å². The fraction of sp³-hybridized carbons (Fsp3) is 0.667. The molecule has 5 heteroatoms. The zero-order valence-electron chi connectivity index (χ0n) is 11.9. The Hall–Kier alpha value is -1.17. The molecular weight excluding hydrogens is 254 g/mol. The van der Waals surface area contributed by atoms with Crippen molar-refractivity contribution in [2.24, 2.45) is 0 Å². The highest BCUT2D eigenvalue weighted by atomic mass is 16.5. The molecule has 2 aliphatic heterocycles. The number of hydrogen-bond donors (Lipinski definition) is 1. The molecule has 0 spiro atoms. The van der Waals surface area contributed by atoms with Gasteiger partial charge in [0.05, 0.1) is 30.7 Å². The standard InChI is InChI=1S/C15H23N3O2/c19-13(11-17-7-9-20-10-8-17)12-18-6-2-3-14-15(18)4-1-5-16-14/h1,4-5,13,19H,2-3,6-12H2/t13-/m1/s1. The number of aliphatic hydroxyl groups is 1. The van der Waals surface area contributed by atoms with Crippen LogP contribution in [0, 0.1) is 0 Å². The topological polar surface area (TPSA) is 48.8 Å². The van der Waals surface area contributed by atoms with Gasteiger partial charge in [-0.3, -0.25) is 9.88 Å². The number of ether oxygens (including phenoxy) is 1. The number of pyridine rings is 1. The number of rotatable bonds is 4. The molecule has 1 aromatic rings. The number of hydrogen-bond acceptors (Lipinski definition) is 5. The maximum atomic E-state index is 10.3. The summed E-state index contributed by atoms with van der Waals surface area (Å²) in [5, 5.41) is 10.3. The average Bonchev–Trinajstić information content (AvgIpc) is 2.48. The van der Waals surface area contributed by atoms with Crippen LogP contribution in [0.2, 0.25) is 0 Å². The van der Waals surface area contributed by atoms with E-state index >= 15 is 0 Å². The van der Waals surface area contributed by atoms with E-state index in [0.717, 1.165) is 57.9 Å². The van der Waals surface area contributed by atoms with E-state index in [1.807, 2.05) is 12.3 Å². The summed E-state index contributed by atoms with van der Waals surface area (Å²) in [5.41, 5.74) is 2.36. The molecule has 0 unspecified atom stereocenters. The van der Waals surface area contributed by atoms with E-state index < -0.39 is 0 Å². The molecule has 2 aliphatic rings. The monoisotopic (exact) mass is 277 g/mol. The Balaban J connectivity index is 1.57. The SMILES string of the molecule is O[C@H](CN1CCOCC1)CN1CCCc2ncccc21. The third kappa shape index (κ3) is 3.29. The van der Waals surface area contributed by atoms with Gasteiger partial charge < -0.3 is 14.7 Å². The predicted octanol–water partition coefficient (Wildman–Crippen LogP) is 0.527. The van der Waals surface area contributed by atoms with E-state index in [4.69, 9.17) is 4.74 Å². The minimum Gasteiger partial charge on any atom is -0.390 e. The van der Waals surface area contributed by atoms with Crippen LogP contribution < -0.4 is 4.90 Å². The van der Waals surface area contributed by atoms with Crippen molar-refractivity contribution in [3.8, 4) is 0 Å².